The topological polar surface area (TPSA) is 58.6 Å². The number of amides is 1. The van der Waals surface area contributed by atoms with E-state index in [2.05, 4.69) is 5.32 Å². The summed E-state index contributed by atoms with van der Waals surface area (Å²) in [4.78, 5) is 12.7. The third-order valence-electron chi connectivity index (χ3n) is 4.97. The summed E-state index contributed by atoms with van der Waals surface area (Å²) >= 11 is 0. The molecule has 1 amide bonds. The van der Waals surface area contributed by atoms with Gasteiger partial charge in [0.2, 0.25) is 5.91 Å². The SMILES string of the molecule is O=C(NCC1(O)CCOCC1)C1(c2ccccc2)CCC1. The van der Waals surface area contributed by atoms with Crippen LogP contribution in [0.4, 0.5) is 0 Å². The van der Waals surface area contributed by atoms with Crippen molar-refractivity contribution in [3.05, 3.63) is 35.9 Å². The molecule has 3 rings (SSSR count). The van der Waals surface area contributed by atoms with E-state index in [1.165, 1.54) is 0 Å². The van der Waals surface area contributed by atoms with Gasteiger partial charge in [0.15, 0.2) is 0 Å². The summed E-state index contributed by atoms with van der Waals surface area (Å²) in [5.41, 5.74) is -0.106. The zero-order valence-corrected chi connectivity index (χ0v) is 12.3. The number of carbonyl (C=O) groups is 1. The van der Waals surface area contributed by atoms with Gasteiger partial charge < -0.3 is 15.2 Å². The summed E-state index contributed by atoms with van der Waals surface area (Å²) in [6.45, 7) is 1.45. The van der Waals surface area contributed by atoms with E-state index in [1.54, 1.807) is 0 Å². The fraction of sp³-hybridized carbons (Fsp3) is 0.588. The average molecular weight is 289 g/mol. The van der Waals surface area contributed by atoms with Gasteiger partial charge in [0.05, 0.1) is 11.0 Å². The number of nitrogens with one attached hydrogen (secondary N) is 1. The number of carbonyl (C=O) groups excluding carboxylic acids is 1. The summed E-state index contributed by atoms with van der Waals surface area (Å²) < 4.78 is 5.27. The predicted octanol–water partition coefficient (Wildman–Crippen LogP) is 1.77. The highest BCUT2D eigenvalue weighted by molar-refractivity contribution is 5.89. The highest BCUT2D eigenvalue weighted by atomic mass is 16.5. The van der Waals surface area contributed by atoms with Crippen molar-refractivity contribution in [2.24, 2.45) is 0 Å². The molecule has 1 aromatic carbocycles. The Hall–Kier alpha value is -1.39. The minimum absolute atomic E-state index is 0.0554. The van der Waals surface area contributed by atoms with Crippen LogP contribution in [0, 0.1) is 0 Å². The molecule has 4 heteroatoms. The smallest absolute Gasteiger partial charge is 0.230 e. The minimum atomic E-state index is -0.810. The van der Waals surface area contributed by atoms with Crippen LogP contribution in [-0.4, -0.2) is 36.4 Å². The summed E-state index contributed by atoms with van der Waals surface area (Å²) in [5.74, 6) is 0.0554. The number of hydrogen-bond donors (Lipinski definition) is 2. The largest absolute Gasteiger partial charge is 0.388 e. The lowest BCUT2D eigenvalue weighted by molar-refractivity contribution is -0.132. The average Bonchev–Trinajstić information content (AvgIpc) is 2.46. The standard InChI is InChI=1S/C17H23NO3/c19-15(18-13-16(20)9-11-21-12-10-16)17(7-4-8-17)14-5-2-1-3-6-14/h1-3,5-6,20H,4,7-13H2,(H,18,19). The van der Waals surface area contributed by atoms with Crippen LogP contribution < -0.4 is 5.32 Å². The number of rotatable bonds is 4. The maximum absolute atomic E-state index is 12.7. The molecule has 0 spiro atoms. The van der Waals surface area contributed by atoms with Crippen molar-refractivity contribution in [2.75, 3.05) is 19.8 Å². The summed E-state index contributed by atoms with van der Waals surface area (Å²) in [6.07, 6.45) is 4.05. The van der Waals surface area contributed by atoms with Crippen LogP contribution >= 0.6 is 0 Å². The van der Waals surface area contributed by atoms with E-state index in [4.69, 9.17) is 4.74 Å². The van der Waals surface area contributed by atoms with E-state index in [0.29, 0.717) is 32.6 Å². The monoisotopic (exact) mass is 289 g/mol. The van der Waals surface area contributed by atoms with Crippen LogP contribution in [0.15, 0.2) is 30.3 Å². The Bertz CT molecular complexity index is 490. The fourth-order valence-corrected chi connectivity index (χ4v) is 3.28. The van der Waals surface area contributed by atoms with E-state index in [-0.39, 0.29) is 11.3 Å². The molecular weight excluding hydrogens is 266 g/mol. The Morgan fingerprint density at radius 2 is 1.81 bits per heavy atom. The van der Waals surface area contributed by atoms with E-state index in [9.17, 15) is 9.90 Å². The molecule has 1 saturated carbocycles. The Kier molecular flexibility index (Phi) is 4.00. The summed E-state index contributed by atoms with van der Waals surface area (Å²) in [5, 5.41) is 13.4. The maximum Gasteiger partial charge on any atom is 0.230 e. The maximum atomic E-state index is 12.7. The van der Waals surface area contributed by atoms with Gasteiger partial charge in [0.1, 0.15) is 0 Å². The first-order valence-corrected chi connectivity index (χ1v) is 7.79. The fourth-order valence-electron chi connectivity index (χ4n) is 3.28. The molecule has 2 fully saturated rings. The van der Waals surface area contributed by atoms with Gasteiger partial charge in [-0.1, -0.05) is 36.8 Å². The van der Waals surface area contributed by atoms with Crippen LogP contribution in [0.5, 0.6) is 0 Å². The molecule has 1 aliphatic carbocycles. The molecule has 0 atom stereocenters. The van der Waals surface area contributed by atoms with Gasteiger partial charge in [-0.2, -0.15) is 0 Å². The van der Waals surface area contributed by atoms with Crippen molar-refractivity contribution in [1.29, 1.82) is 0 Å². The van der Waals surface area contributed by atoms with Gasteiger partial charge in [-0.25, -0.2) is 0 Å². The third-order valence-corrected chi connectivity index (χ3v) is 4.97. The highest BCUT2D eigenvalue weighted by Gasteiger charge is 2.46. The Labute approximate surface area is 125 Å². The second-order valence-corrected chi connectivity index (χ2v) is 6.32. The number of aliphatic hydroxyl groups is 1. The second-order valence-electron chi connectivity index (χ2n) is 6.32. The van der Waals surface area contributed by atoms with E-state index >= 15 is 0 Å². The zero-order chi connectivity index (χ0) is 14.8. The first-order chi connectivity index (χ1) is 10.1. The Morgan fingerprint density at radius 3 is 2.38 bits per heavy atom. The molecule has 21 heavy (non-hydrogen) atoms. The van der Waals surface area contributed by atoms with Gasteiger partial charge in [0.25, 0.3) is 0 Å². The molecule has 0 bridgehead atoms. The molecular formula is C17H23NO3. The molecule has 0 aromatic heterocycles. The first-order valence-electron chi connectivity index (χ1n) is 7.79. The molecule has 4 nitrogen and oxygen atoms in total. The van der Waals surface area contributed by atoms with Gasteiger partial charge in [-0.3, -0.25) is 4.79 Å². The molecule has 0 radical (unpaired) electrons. The van der Waals surface area contributed by atoms with Crippen LogP contribution in [0.1, 0.15) is 37.7 Å². The van der Waals surface area contributed by atoms with E-state index in [0.717, 1.165) is 24.8 Å². The van der Waals surface area contributed by atoms with Crippen molar-refractivity contribution in [2.45, 2.75) is 43.1 Å². The molecule has 2 N–H and O–H groups in total. The molecule has 2 aliphatic rings. The van der Waals surface area contributed by atoms with Crippen molar-refractivity contribution >= 4 is 5.91 Å². The van der Waals surface area contributed by atoms with Crippen LogP contribution in [0.25, 0.3) is 0 Å². The minimum Gasteiger partial charge on any atom is -0.388 e. The van der Waals surface area contributed by atoms with E-state index < -0.39 is 5.60 Å². The molecule has 0 unspecified atom stereocenters. The first kappa shape index (κ1) is 14.5. The quantitative estimate of drug-likeness (QED) is 0.888. The van der Waals surface area contributed by atoms with Crippen LogP contribution in [0.2, 0.25) is 0 Å². The van der Waals surface area contributed by atoms with E-state index in [1.807, 2.05) is 30.3 Å². The Morgan fingerprint density at radius 1 is 1.14 bits per heavy atom. The molecule has 1 heterocycles. The van der Waals surface area contributed by atoms with Gasteiger partial charge in [0, 0.05) is 32.6 Å². The van der Waals surface area contributed by atoms with Gasteiger partial charge in [-0.15, -0.1) is 0 Å². The summed E-state index contributed by atoms with van der Waals surface area (Å²) in [7, 11) is 0. The van der Waals surface area contributed by atoms with Gasteiger partial charge in [-0.05, 0) is 18.4 Å². The summed E-state index contributed by atoms with van der Waals surface area (Å²) in [6, 6.07) is 9.99. The van der Waals surface area contributed by atoms with Crippen molar-refractivity contribution in [3.63, 3.8) is 0 Å². The van der Waals surface area contributed by atoms with Crippen molar-refractivity contribution in [3.8, 4) is 0 Å². The molecule has 1 saturated heterocycles. The Balaban J connectivity index is 1.66. The molecule has 1 aliphatic heterocycles. The van der Waals surface area contributed by atoms with Crippen LogP contribution in [0.3, 0.4) is 0 Å². The number of benzene rings is 1. The predicted molar refractivity (Wildman–Crippen MR) is 80.0 cm³/mol. The van der Waals surface area contributed by atoms with Crippen molar-refractivity contribution < 1.29 is 14.6 Å². The number of ether oxygens (including phenoxy) is 1. The zero-order valence-electron chi connectivity index (χ0n) is 12.3. The normalized spacial score (nSPS) is 23.1. The third kappa shape index (κ3) is 2.83. The highest BCUT2D eigenvalue weighted by Crippen LogP contribution is 2.43. The van der Waals surface area contributed by atoms with Crippen LogP contribution in [-0.2, 0) is 14.9 Å². The lowest BCUT2D eigenvalue weighted by Gasteiger charge is -2.42. The second kappa shape index (κ2) is 5.78. The van der Waals surface area contributed by atoms with Gasteiger partial charge >= 0.3 is 0 Å². The van der Waals surface area contributed by atoms with Crippen molar-refractivity contribution in [1.82, 2.24) is 5.32 Å². The lowest BCUT2D eigenvalue weighted by atomic mass is 9.63. The molecule has 1 aromatic rings. The molecule has 114 valence electrons. The lowest BCUT2D eigenvalue weighted by Crippen LogP contribution is -2.54. The number of hydrogen-bond acceptors (Lipinski definition) is 3.